The molecule has 1 saturated heterocycles. The molecule has 0 radical (unpaired) electrons. The lowest BCUT2D eigenvalue weighted by Gasteiger charge is -2.21. The van der Waals surface area contributed by atoms with E-state index in [1.54, 1.807) is 0 Å². The number of nitrogens with one attached hydrogen (secondary N) is 1. The standard InChI is InChI=1S/C8H18N2O2/c9-5-8(10-2-3-11)7-1-4-12-6-7/h7-8,10-11H,1-6,9H2. The average molecular weight is 174 g/mol. The fourth-order valence-corrected chi connectivity index (χ4v) is 1.56. The van der Waals surface area contributed by atoms with Crippen molar-refractivity contribution in [3.05, 3.63) is 0 Å². The quantitative estimate of drug-likeness (QED) is 0.496. The summed E-state index contributed by atoms with van der Waals surface area (Å²) in [5.74, 6) is 0.529. The van der Waals surface area contributed by atoms with Crippen molar-refractivity contribution in [1.82, 2.24) is 5.32 Å². The van der Waals surface area contributed by atoms with Crippen LogP contribution < -0.4 is 11.1 Å². The van der Waals surface area contributed by atoms with E-state index >= 15 is 0 Å². The number of rotatable bonds is 5. The zero-order valence-corrected chi connectivity index (χ0v) is 7.33. The monoisotopic (exact) mass is 174 g/mol. The van der Waals surface area contributed by atoms with Crippen LogP contribution >= 0.6 is 0 Å². The van der Waals surface area contributed by atoms with Gasteiger partial charge in [0.25, 0.3) is 0 Å². The van der Waals surface area contributed by atoms with Gasteiger partial charge >= 0.3 is 0 Å². The van der Waals surface area contributed by atoms with Gasteiger partial charge in [-0.1, -0.05) is 0 Å². The van der Waals surface area contributed by atoms with Gasteiger partial charge in [-0.15, -0.1) is 0 Å². The largest absolute Gasteiger partial charge is 0.395 e. The number of aliphatic hydroxyl groups excluding tert-OH is 1. The number of nitrogens with two attached hydrogens (primary N) is 1. The average Bonchev–Trinajstić information content (AvgIpc) is 2.59. The van der Waals surface area contributed by atoms with E-state index in [0.717, 1.165) is 19.6 Å². The number of hydrogen-bond donors (Lipinski definition) is 3. The smallest absolute Gasteiger partial charge is 0.0556 e. The van der Waals surface area contributed by atoms with Crippen LogP contribution in [0.25, 0.3) is 0 Å². The van der Waals surface area contributed by atoms with Crippen LogP contribution in [0.1, 0.15) is 6.42 Å². The maximum Gasteiger partial charge on any atom is 0.0556 e. The third-order valence-electron chi connectivity index (χ3n) is 2.31. The summed E-state index contributed by atoms with van der Waals surface area (Å²) in [6.45, 7) is 3.07. The van der Waals surface area contributed by atoms with Crippen molar-refractivity contribution in [2.24, 2.45) is 11.7 Å². The van der Waals surface area contributed by atoms with E-state index in [0.29, 0.717) is 25.0 Å². The first-order valence-electron chi connectivity index (χ1n) is 4.50. The molecule has 1 rings (SSSR count). The molecular weight excluding hydrogens is 156 g/mol. The first-order valence-corrected chi connectivity index (χ1v) is 4.50. The predicted molar refractivity (Wildman–Crippen MR) is 46.9 cm³/mol. The van der Waals surface area contributed by atoms with Crippen LogP contribution in [0.2, 0.25) is 0 Å². The Hall–Kier alpha value is -0.160. The maximum absolute atomic E-state index is 8.62. The van der Waals surface area contributed by atoms with Gasteiger partial charge in [0.15, 0.2) is 0 Å². The Bertz CT molecular complexity index is 116. The highest BCUT2D eigenvalue weighted by molar-refractivity contribution is 4.79. The van der Waals surface area contributed by atoms with Crippen LogP contribution in [0, 0.1) is 5.92 Å². The Labute approximate surface area is 73.1 Å². The number of aliphatic hydroxyl groups is 1. The highest BCUT2D eigenvalue weighted by Crippen LogP contribution is 2.15. The van der Waals surface area contributed by atoms with Crippen LogP contribution in [-0.2, 0) is 4.74 Å². The Balaban J connectivity index is 2.22. The third-order valence-corrected chi connectivity index (χ3v) is 2.31. The van der Waals surface area contributed by atoms with E-state index in [9.17, 15) is 0 Å². The first kappa shape index (κ1) is 9.92. The van der Waals surface area contributed by atoms with Gasteiger partial charge in [0, 0.05) is 31.7 Å². The lowest BCUT2D eigenvalue weighted by Crippen LogP contribution is -2.43. The summed E-state index contributed by atoms with van der Waals surface area (Å²) >= 11 is 0. The predicted octanol–water partition coefficient (Wildman–Crippen LogP) is -1.07. The van der Waals surface area contributed by atoms with Crippen molar-refractivity contribution in [2.45, 2.75) is 12.5 Å². The molecule has 0 saturated carbocycles. The van der Waals surface area contributed by atoms with E-state index in [1.807, 2.05) is 0 Å². The molecule has 0 aromatic carbocycles. The summed E-state index contributed by atoms with van der Waals surface area (Å²) in [7, 11) is 0. The van der Waals surface area contributed by atoms with Crippen molar-refractivity contribution in [1.29, 1.82) is 0 Å². The van der Waals surface area contributed by atoms with E-state index in [4.69, 9.17) is 15.6 Å². The summed E-state index contributed by atoms with van der Waals surface area (Å²) in [5, 5.41) is 11.8. The molecule has 12 heavy (non-hydrogen) atoms. The Morgan fingerprint density at radius 1 is 1.67 bits per heavy atom. The van der Waals surface area contributed by atoms with Crippen molar-refractivity contribution in [3.63, 3.8) is 0 Å². The van der Waals surface area contributed by atoms with Crippen LogP contribution in [0.3, 0.4) is 0 Å². The molecule has 1 aliphatic heterocycles. The lowest BCUT2D eigenvalue weighted by atomic mass is 9.99. The highest BCUT2D eigenvalue weighted by atomic mass is 16.5. The lowest BCUT2D eigenvalue weighted by molar-refractivity contribution is 0.175. The molecule has 72 valence electrons. The zero-order valence-electron chi connectivity index (χ0n) is 7.33. The molecule has 2 atom stereocenters. The van der Waals surface area contributed by atoms with Crippen molar-refractivity contribution < 1.29 is 9.84 Å². The third kappa shape index (κ3) is 2.71. The van der Waals surface area contributed by atoms with Gasteiger partial charge in [-0.2, -0.15) is 0 Å². The topological polar surface area (TPSA) is 67.5 Å². The second-order valence-electron chi connectivity index (χ2n) is 3.14. The van der Waals surface area contributed by atoms with Gasteiger partial charge in [-0.05, 0) is 6.42 Å². The van der Waals surface area contributed by atoms with Gasteiger partial charge in [0.2, 0.25) is 0 Å². The Morgan fingerprint density at radius 2 is 2.50 bits per heavy atom. The molecule has 4 nitrogen and oxygen atoms in total. The van der Waals surface area contributed by atoms with Crippen molar-refractivity contribution in [3.8, 4) is 0 Å². The van der Waals surface area contributed by atoms with E-state index in [-0.39, 0.29) is 6.61 Å². The van der Waals surface area contributed by atoms with Crippen LogP contribution in [0.15, 0.2) is 0 Å². The van der Waals surface area contributed by atoms with Crippen LogP contribution in [0.4, 0.5) is 0 Å². The molecule has 2 unspecified atom stereocenters. The van der Waals surface area contributed by atoms with Crippen molar-refractivity contribution in [2.75, 3.05) is 32.9 Å². The zero-order chi connectivity index (χ0) is 8.81. The van der Waals surface area contributed by atoms with Crippen LogP contribution in [0.5, 0.6) is 0 Å². The first-order chi connectivity index (χ1) is 5.88. The summed E-state index contributed by atoms with van der Waals surface area (Å²) in [4.78, 5) is 0. The fourth-order valence-electron chi connectivity index (χ4n) is 1.56. The van der Waals surface area contributed by atoms with Crippen molar-refractivity contribution >= 4 is 0 Å². The second kappa shape index (κ2) is 5.48. The van der Waals surface area contributed by atoms with Gasteiger partial charge in [0.05, 0.1) is 13.2 Å². The minimum Gasteiger partial charge on any atom is -0.395 e. The van der Waals surface area contributed by atoms with Gasteiger partial charge in [-0.3, -0.25) is 0 Å². The fraction of sp³-hybridized carbons (Fsp3) is 1.00. The molecule has 0 aliphatic carbocycles. The molecule has 0 spiro atoms. The van der Waals surface area contributed by atoms with Gasteiger partial charge in [0.1, 0.15) is 0 Å². The van der Waals surface area contributed by atoms with E-state index in [1.165, 1.54) is 0 Å². The molecule has 4 N–H and O–H groups in total. The Morgan fingerprint density at radius 3 is 3.00 bits per heavy atom. The molecular formula is C8H18N2O2. The molecule has 1 fully saturated rings. The summed E-state index contributed by atoms with van der Waals surface area (Å²) < 4.78 is 5.26. The molecule has 1 heterocycles. The number of ether oxygens (including phenoxy) is 1. The summed E-state index contributed by atoms with van der Waals surface area (Å²) in [5.41, 5.74) is 5.59. The minimum atomic E-state index is 0.171. The maximum atomic E-state index is 8.62. The molecule has 0 aromatic rings. The molecule has 1 aliphatic rings. The SMILES string of the molecule is NCC(NCCO)C1CCOC1. The highest BCUT2D eigenvalue weighted by Gasteiger charge is 2.23. The number of hydrogen-bond acceptors (Lipinski definition) is 4. The van der Waals surface area contributed by atoms with Gasteiger partial charge in [-0.25, -0.2) is 0 Å². The molecule has 0 bridgehead atoms. The summed E-state index contributed by atoms with van der Waals surface area (Å²) in [6, 6.07) is 0.305. The molecule has 0 amide bonds. The Kier molecular flexibility index (Phi) is 4.53. The summed E-state index contributed by atoms with van der Waals surface area (Å²) in [6.07, 6.45) is 1.08. The van der Waals surface area contributed by atoms with Gasteiger partial charge < -0.3 is 20.9 Å². The molecule has 4 heteroatoms. The van der Waals surface area contributed by atoms with Crippen LogP contribution in [-0.4, -0.2) is 44.1 Å². The van der Waals surface area contributed by atoms with E-state index in [2.05, 4.69) is 5.32 Å². The second-order valence-corrected chi connectivity index (χ2v) is 3.14. The molecule has 0 aromatic heterocycles. The minimum absolute atomic E-state index is 0.171. The van der Waals surface area contributed by atoms with E-state index < -0.39 is 0 Å². The normalized spacial score (nSPS) is 26.0.